The summed E-state index contributed by atoms with van der Waals surface area (Å²) in [5, 5.41) is 12.4. The van der Waals surface area contributed by atoms with E-state index in [1.165, 1.54) is 11.3 Å². The summed E-state index contributed by atoms with van der Waals surface area (Å²) in [5.74, 6) is 0. The molecule has 0 saturated heterocycles. The van der Waals surface area contributed by atoms with Crippen molar-refractivity contribution in [3.05, 3.63) is 16.6 Å². The van der Waals surface area contributed by atoms with Crippen molar-refractivity contribution >= 4 is 11.3 Å². The standard InChI is InChI=1S/C10H17NO2S/c1-10(2,13-3)5-4-8(12)9-11-6-7-14-9/h6-8,12H,4-5H2,1-3H3. The van der Waals surface area contributed by atoms with Crippen LogP contribution in [0.15, 0.2) is 11.6 Å². The number of aliphatic hydroxyl groups is 1. The van der Waals surface area contributed by atoms with Crippen LogP contribution < -0.4 is 0 Å². The number of aromatic nitrogens is 1. The largest absolute Gasteiger partial charge is 0.386 e. The smallest absolute Gasteiger partial charge is 0.121 e. The fourth-order valence-corrected chi connectivity index (χ4v) is 1.77. The summed E-state index contributed by atoms with van der Waals surface area (Å²) in [4.78, 5) is 4.07. The second-order valence-electron chi connectivity index (χ2n) is 3.89. The van der Waals surface area contributed by atoms with E-state index < -0.39 is 6.10 Å². The molecule has 14 heavy (non-hydrogen) atoms. The lowest BCUT2D eigenvalue weighted by Gasteiger charge is -2.23. The molecule has 1 unspecified atom stereocenters. The molecule has 1 atom stereocenters. The van der Waals surface area contributed by atoms with Crippen molar-refractivity contribution in [2.45, 2.75) is 38.4 Å². The summed E-state index contributed by atoms with van der Waals surface area (Å²) in [6.07, 6.45) is 2.77. The first-order valence-corrected chi connectivity index (χ1v) is 5.56. The minimum absolute atomic E-state index is 0.168. The second kappa shape index (κ2) is 4.87. The Balaban J connectivity index is 2.39. The summed E-state index contributed by atoms with van der Waals surface area (Å²) in [7, 11) is 1.69. The molecule has 0 aliphatic heterocycles. The fraction of sp³-hybridized carbons (Fsp3) is 0.700. The van der Waals surface area contributed by atoms with Crippen molar-refractivity contribution in [1.82, 2.24) is 4.98 Å². The molecule has 1 rings (SSSR count). The van der Waals surface area contributed by atoms with E-state index in [-0.39, 0.29) is 5.60 Å². The number of hydrogen-bond acceptors (Lipinski definition) is 4. The van der Waals surface area contributed by atoms with Crippen LogP contribution in [0.25, 0.3) is 0 Å². The predicted molar refractivity (Wildman–Crippen MR) is 57.4 cm³/mol. The average Bonchev–Trinajstić information content (AvgIpc) is 2.67. The molecule has 1 aromatic rings. The number of ether oxygens (including phenoxy) is 1. The number of nitrogens with zero attached hydrogens (tertiary/aromatic N) is 1. The third-order valence-electron chi connectivity index (χ3n) is 2.31. The molecule has 80 valence electrons. The van der Waals surface area contributed by atoms with Crippen molar-refractivity contribution in [1.29, 1.82) is 0 Å². The maximum absolute atomic E-state index is 9.76. The Kier molecular flexibility index (Phi) is 4.04. The number of aliphatic hydroxyl groups excluding tert-OH is 1. The van der Waals surface area contributed by atoms with Crippen LogP contribution in [-0.4, -0.2) is 22.8 Å². The second-order valence-corrected chi connectivity index (χ2v) is 4.81. The molecule has 0 saturated carbocycles. The molecule has 0 aromatic carbocycles. The summed E-state index contributed by atoms with van der Waals surface area (Å²) in [6.45, 7) is 4.03. The quantitative estimate of drug-likeness (QED) is 0.820. The Morgan fingerprint density at radius 2 is 2.36 bits per heavy atom. The van der Waals surface area contributed by atoms with Crippen LogP contribution in [0.4, 0.5) is 0 Å². The Morgan fingerprint density at radius 3 is 2.86 bits per heavy atom. The zero-order chi connectivity index (χ0) is 10.6. The summed E-state index contributed by atoms with van der Waals surface area (Å²) < 4.78 is 5.28. The highest BCUT2D eigenvalue weighted by Crippen LogP contribution is 2.25. The van der Waals surface area contributed by atoms with Gasteiger partial charge in [-0.2, -0.15) is 0 Å². The van der Waals surface area contributed by atoms with E-state index in [2.05, 4.69) is 4.98 Å². The van der Waals surface area contributed by atoms with Crippen LogP contribution in [0.5, 0.6) is 0 Å². The van der Waals surface area contributed by atoms with Gasteiger partial charge in [-0.15, -0.1) is 11.3 Å². The van der Waals surface area contributed by atoms with Gasteiger partial charge in [-0.05, 0) is 26.7 Å². The lowest BCUT2D eigenvalue weighted by atomic mass is 10.0. The molecule has 1 aromatic heterocycles. The first kappa shape index (κ1) is 11.6. The lowest BCUT2D eigenvalue weighted by Crippen LogP contribution is -2.23. The zero-order valence-electron chi connectivity index (χ0n) is 8.86. The van der Waals surface area contributed by atoms with E-state index in [9.17, 15) is 5.11 Å². The van der Waals surface area contributed by atoms with Crippen LogP contribution in [0.2, 0.25) is 0 Å². The van der Waals surface area contributed by atoms with Gasteiger partial charge in [0.2, 0.25) is 0 Å². The average molecular weight is 215 g/mol. The maximum atomic E-state index is 9.76. The van der Waals surface area contributed by atoms with Gasteiger partial charge in [0.05, 0.1) is 5.60 Å². The summed E-state index contributed by atoms with van der Waals surface area (Å²) in [5.41, 5.74) is -0.168. The van der Waals surface area contributed by atoms with Crippen molar-refractivity contribution in [2.24, 2.45) is 0 Å². The molecule has 0 spiro atoms. The number of methoxy groups -OCH3 is 1. The summed E-state index contributed by atoms with van der Waals surface area (Å²) in [6, 6.07) is 0. The van der Waals surface area contributed by atoms with E-state index >= 15 is 0 Å². The Hall–Kier alpha value is -0.450. The Labute approximate surface area is 88.8 Å². The van der Waals surface area contributed by atoms with Gasteiger partial charge in [-0.1, -0.05) is 0 Å². The molecule has 1 N–H and O–H groups in total. The van der Waals surface area contributed by atoms with E-state index in [0.717, 1.165) is 11.4 Å². The maximum Gasteiger partial charge on any atom is 0.121 e. The van der Waals surface area contributed by atoms with E-state index in [1.807, 2.05) is 19.2 Å². The van der Waals surface area contributed by atoms with Crippen molar-refractivity contribution in [2.75, 3.05) is 7.11 Å². The van der Waals surface area contributed by atoms with E-state index in [1.54, 1.807) is 13.3 Å². The third-order valence-corrected chi connectivity index (χ3v) is 3.19. The normalized spacial score (nSPS) is 14.3. The number of thiazole rings is 1. The topological polar surface area (TPSA) is 42.4 Å². The van der Waals surface area contributed by atoms with E-state index in [0.29, 0.717) is 6.42 Å². The molecule has 0 amide bonds. The monoisotopic (exact) mass is 215 g/mol. The van der Waals surface area contributed by atoms with Crippen molar-refractivity contribution in [3.8, 4) is 0 Å². The lowest BCUT2D eigenvalue weighted by molar-refractivity contribution is 0.00277. The van der Waals surface area contributed by atoms with Crippen LogP contribution in [0, 0.1) is 0 Å². The van der Waals surface area contributed by atoms with Gasteiger partial charge in [0, 0.05) is 18.7 Å². The highest BCUT2D eigenvalue weighted by molar-refractivity contribution is 7.09. The highest BCUT2D eigenvalue weighted by Gasteiger charge is 2.19. The molecule has 1 heterocycles. The predicted octanol–water partition coefficient (Wildman–Crippen LogP) is 2.38. The minimum atomic E-state index is -0.454. The molecular formula is C10H17NO2S. The fourth-order valence-electron chi connectivity index (χ4n) is 1.11. The SMILES string of the molecule is COC(C)(C)CCC(O)c1nccs1. The summed E-state index contributed by atoms with van der Waals surface area (Å²) >= 11 is 1.49. The number of rotatable bonds is 5. The van der Waals surface area contributed by atoms with Gasteiger partial charge in [-0.25, -0.2) is 4.98 Å². The van der Waals surface area contributed by atoms with Crippen molar-refractivity contribution in [3.63, 3.8) is 0 Å². The molecule has 0 aliphatic rings. The minimum Gasteiger partial charge on any atom is -0.386 e. The first-order chi connectivity index (χ1) is 6.55. The Bertz CT molecular complexity index is 259. The van der Waals surface area contributed by atoms with Gasteiger partial charge in [0.1, 0.15) is 11.1 Å². The molecule has 0 aliphatic carbocycles. The van der Waals surface area contributed by atoms with Gasteiger partial charge >= 0.3 is 0 Å². The van der Waals surface area contributed by atoms with Gasteiger partial charge in [0.25, 0.3) is 0 Å². The van der Waals surface area contributed by atoms with Crippen LogP contribution >= 0.6 is 11.3 Å². The van der Waals surface area contributed by atoms with Crippen LogP contribution in [-0.2, 0) is 4.74 Å². The van der Waals surface area contributed by atoms with Gasteiger partial charge in [-0.3, -0.25) is 0 Å². The third kappa shape index (κ3) is 3.36. The zero-order valence-corrected chi connectivity index (χ0v) is 9.67. The van der Waals surface area contributed by atoms with Crippen LogP contribution in [0.3, 0.4) is 0 Å². The first-order valence-electron chi connectivity index (χ1n) is 4.68. The van der Waals surface area contributed by atoms with E-state index in [4.69, 9.17) is 4.74 Å². The molecule has 0 radical (unpaired) electrons. The molecule has 3 nitrogen and oxygen atoms in total. The Morgan fingerprint density at radius 1 is 1.64 bits per heavy atom. The van der Waals surface area contributed by atoms with Gasteiger partial charge in [0.15, 0.2) is 0 Å². The molecular weight excluding hydrogens is 198 g/mol. The molecule has 4 heteroatoms. The van der Waals surface area contributed by atoms with Crippen molar-refractivity contribution < 1.29 is 9.84 Å². The molecule has 0 bridgehead atoms. The van der Waals surface area contributed by atoms with Gasteiger partial charge < -0.3 is 9.84 Å². The highest BCUT2D eigenvalue weighted by atomic mass is 32.1. The number of hydrogen-bond donors (Lipinski definition) is 1. The van der Waals surface area contributed by atoms with Crippen LogP contribution in [0.1, 0.15) is 37.8 Å². The molecule has 0 fully saturated rings.